The van der Waals surface area contributed by atoms with Crippen LogP contribution in [0, 0.1) is 17.3 Å². The van der Waals surface area contributed by atoms with E-state index in [1.807, 2.05) is 44.2 Å². The van der Waals surface area contributed by atoms with Gasteiger partial charge in [0.05, 0.1) is 6.10 Å². The van der Waals surface area contributed by atoms with E-state index in [0.717, 1.165) is 48.8 Å². The van der Waals surface area contributed by atoms with Crippen LogP contribution in [0.2, 0.25) is 0 Å². The number of rotatable bonds is 1. The van der Waals surface area contributed by atoms with Gasteiger partial charge in [-0.05, 0) is 79.7 Å². The molecule has 2 aromatic carbocycles. The second kappa shape index (κ2) is 9.05. The van der Waals surface area contributed by atoms with Gasteiger partial charge >= 0.3 is 0 Å². The average molecular weight is 447 g/mol. The van der Waals surface area contributed by atoms with Gasteiger partial charge in [0.2, 0.25) is 0 Å². The summed E-state index contributed by atoms with van der Waals surface area (Å²) in [5.74, 6) is 6.46. The number of hydrogen-bond donors (Lipinski definition) is 2. The van der Waals surface area contributed by atoms with E-state index >= 15 is 0 Å². The van der Waals surface area contributed by atoms with Gasteiger partial charge in [-0.15, -0.1) is 0 Å². The van der Waals surface area contributed by atoms with Crippen molar-refractivity contribution in [2.75, 3.05) is 7.11 Å². The van der Waals surface area contributed by atoms with Gasteiger partial charge in [-0.2, -0.15) is 0 Å². The Hall–Kier alpha value is -2.68. The molecule has 166 valence electrons. The van der Waals surface area contributed by atoms with E-state index in [-0.39, 0.29) is 17.4 Å². The quantitative estimate of drug-likeness (QED) is 0.502. The van der Waals surface area contributed by atoms with Crippen molar-refractivity contribution in [3.63, 3.8) is 0 Å². The van der Waals surface area contributed by atoms with Crippen LogP contribution in [0.4, 0.5) is 0 Å². The topological polar surface area (TPSA) is 50.4 Å². The lowest BCUT2D eigenvalue weighted by Gasteiger charge is -2.46. The summed E-state index contributed by atoms with van der Waals surface area (Å²) in [5.41, 5.74) is 3.11. The van der Waals surface area contributed by atoms with E-state index < -0.39 is 5.54 Å². The van der Waals surface area contributed by atoms with E-state index in [2.05, 4.69) is 40.7 Å². The molecule has 2 N–H and O–H groups in total. The lowest BCUT2D eigenvalue weighted by atomic mass is 9.61. The Labute approximate surface area is 196 Å². The van der Waals surface area contributed by atoms with Crippen molar-refractivity contribution in [3.05, 3.63) is 70.8 Å². The number of ether oxygens (including phenoxy) is 1. The summed E-state index contributed by atoms with van der Waals surface area (Å²) in [6.07, 6.45) is 4.89. The molecule has 0 bridgehead atoms. The van der Waals surface area contributed by atoms with Gasteiger partial charge in [0.25, 0.3) is 5.91 Å². The number of fused-ring (bicyclic) bond motifs is 3. The fourth-order valence-corrected chi connectivity index (χ4v) is 5.80. The zero-order valence-corrected chi connectivity index (χ0v) is 19.8. The molecule has 5 heteroatoms. The molecular weight excluding hydrogens is 416 g/mol. The molecule has 2 spiro atoms. The maximum Gasteiger partial charge on any atom is 0.257 e. The van der Waals surface area contributed by atoms with Crippen LogP contribution in [0.25, 0.3) is 0 Å². The second-order valence-electron chi connectivity index (χ2n) is 8.54. The monoisotopic (exact) mass is 446 g/mol. The Morgan fingerprint density at radius 2 is 1.72 bits per heavy atom. The van der Waals surface area contributed by atoms with Crippen LogP contribution in [-0.4, -0.2) is 24.2 Å². The number of carbonyl (C=O) groups is 1. The highest BCUT2D eigenvalue weighted by Crippen LogP contribution is 2.59. The fourth-order valence-electron chi connectivity index (χ4n) is 5.56. The van der Waals surface area contributed by atoms with Crippen molar-refractivity contribution in [2.45, 2.75) is 57.6 Å². The Morgan fingerprint density at radius 1 is 1.03 bits per heavy atom. The first-order valence-electron chi connectivity index (χ1n) is 11.4. The summed E-state index contributed by atoms with van der Waals surface area (Å²) in [6, 6.07) is 16.2. The SMILES string of the molecule is CC.COC1CCC2(CC1)Cc1ccc(C#Cc3ccccc3)cc1C21NC(=S)NC1=O. The molecule has 1 saturated heterocycles. The molecule has 0 aromatic heterocycles. The minimum Gasteiger partial charge on any atom is -0.381 e. The third-order valence-electron chi connectivity index (χ3n) is 7.05. The van der Waals surface area contributed by atoms with Crippen molar-refractivity contribution in [1.82, 2.24) is 10.6 Å². The third-order valence-corrected chi connectivity index (χ3v) is 7.26. The van der Waals surface area contributed by atoms with E-state index in [4.69, 9.17) is 17.0 Å². The highest BCUT2D eigenvalue weighted by molar-refractivity contribution is 7.80. The number of carbonyl (C=O) groups excluding carboxylic acids is 1. The summed E-state index contributed by atoms with van der Waals surface area (Å²) in [7, 11) is 1.77. The Balaban J connectivity index is 0.00000119. The molecule has 3 aliphatic rings. The van der Waals surface area contributed by atoms with Gasteiger partial charge in [0, 0.05) is 23.7 Å². The molecule has 0 radical (unpaired) electrons. The van der Waals surface area contributed by atoms with Gasteiger partial charge in [0.15, 0.2) is 10.7 Å². The molecule has 1 saturated carbocycles. The summed E-state index contributed by atoms with van der Waals surface area (Å²) in [6.45, 7) is 4.00. The third kappa shape index (κ3) is 3.62. The van der Waals surface area contributed by atoms with Crippen LogP contribution in [0.1, 0.15) is 61.8 Å². The maximum absolute atomic E-state index is 13.4. The molecular formula is C27H30N2O2S. The molecule has 1 heterocycles. The van der Waals surface area contributed by atoms with E-state index in [0.29, 0.717) is 5.11 Å². The molecule has 2 aromatic rings. The Morgan fingerprint density at radius 3 is 2.34 bits per heavy atom. The van der Waals surface area contributed by atoms with Crippen molar-refractivity contribution >= 4 is 23.2 Å². The van der Waals surface area contributed by atoms with Gasteiger partial charge in [-0.25, -0.2) is 0 Å². The van der Waals surface area contributed by atoms with Gasteiger partial charge in [0.1, 0.15) is 0 Å². The second-order valence-corrected chi connectivity index (χ2v) is 8.95. The first kappa shape index (κ1) is 22.5. The first-order chi connectivity index (χ1) is 15.6. The maximum atomic E-state index is 13.4. The van der Waals surface area contributed by atoms with E-state index in [1.165, 1.54) is 5.56 Å². The Bertz CT molecular complexity index is 1080. The van der Waals surface area contributed by atoms with Crippen LogP contribution < -0.4 is 10.6 Å². The number of methoxy groups -OCH3 is 1. The summed E-state index contributed by atoms with van der Waals surface area (Å²) in [5, 5.41) is 6.71. The van der Waals surface area contributed by atoms with Crippen LogP contribution in [0.3, 0.4) is 0 Å². The zero-order chi connectivity index (χ0) is 22.8. The minimum absolute atomic E-state index is 0.0321. The molecule has 32 heavy (non-hydrogen) atoms. The lowest BCUT2D eigenvalue weighted by Crippen LogP contribution is -2.56. The van der Waals surface area contributed by atoms with Crippen LogP contribution in [0.15, 0.2) is 48.5 Å². The predicted octanol–water partition coefficient (Wildman–Crippen LogP) is 4.44. The number of thiocarbonyl (C=S) groups is 1. The zero-order valence-electron chi connectivity index (χ0n) is 19.0. The van der Waals surface area contributed by atoms with E-state index in [9.17, 15) is 4.79 Å². The summed E-state index contributed by atoms with van der Waals surface area (Å²) >= 11 is 5.39. The van der Waals surface area contributed by atoms with Crippen LogP contribution in [0.5, 0.6) is 0 Å². The predicted molar refractivity (Wildman–Crippen MR) is 131 cm³/mol. The number of amides is 1. The Kier molecular flexibility index (Phi) is 6.37. The molecule has 5 rings (SSSR count). The number of hydrogen-bond acceptors (Lipinski definition) is 3. The summed E-state index contributed by atoms with van der Waals surface area (Å²) < 4.78 is 5.60. The molecule has 4 nitrogen and oxygen atoms in total. The van der Waals surface area contributed by atoms with Crippen LogP contribution >= 0.6 is 12.2 Å². The fraction of sp³-hybridized carbons (Fsp3) is 0.407. The first-order valence-corrected chi connectivity index (χ1v) is 11.8. The standard InChI is InChI=1S/C25H24N2O2S.C2H6/c1-29-20-11-13-24(14-12-20)16-19-10-9-18(8-7-17-5-3-2-4-6-17)15-21(19)25(24)22(28)26-23(30)27-25;1-2/h2-6,9-10,15,20H,11-14,16H2,1H3,(H2,26,27,28,30);1-2H3. The van der Waals surface area contributed by atoms with Crippen LogP contribution in [-0.2, 0) is 21.5 Å². The average Bonchev–Trinajstić information content (AvgIpc) is 3.28. The van der Waals surface area contributed by atoms with Crippen molar-refractivity contribution < 1.29 is 9.53 Å². The number of nitrogens with one attached hydrogen (secondary N) is 2. The number of benzene rings is 2. The molecule has 2 fully saturated rings. The summed E-state index contributed by atoms with van der Waals surface area (Å²) in [4.78, 5) is 13.4. The normalized spacial score (nSPS) is 27.7. The smallest absolute Gasteiger partial charge is 0.257 e. The molecule has 1 aliphatic heterocycles. The van der Waals surface area contributed by atoms with Crippen molar-refractivity contribution in [1.29, 1.82) is 0 Å². The highest BCUT2D eigenvalue weighted by Gasteiger charge is 2.65. The lowest BCUT2D eigenvalue weighted by molar-refractivity contribution is -0.131. The van der Waals surface area contributed by atoms with Crippen molar-refractivity contribution in [2.24, 2.45) is 5.41 Å². The minimum atomic E-state index is -0.817. The molecule has 1 unspecified atom stereocenters. The van der Waals surface area contributed by atoms with E-state index in [1.54, 1.807) is 7.11 Å². The van der Waals surface area contributed by atoms with Crippen molar-refractivity contribution in [3.8, 4) is 11.8 Å². The van der Waals surface area contributed by atoms with Gasteiger partial charge in [-0.1, -0.05) is 50.0 Å². The molecule has 1 amide bonds. The van der Waals surface area contributed by atoms with Gasteiger partial charge < -0.3 is 15.4 Å². The largest absolute Gasteiger partial charge is 0.381 e. The highest BCUT2D eigenvalue weighted by atomic mass is 32.1. The van der Waals surface area contributed by atoms with Gasteiger partial charge in [-0.3, -0.25) is 4.79 Å². The molecule has 2 aliphatic carbocycles. The molecule has 1 atom stereocenters.